The third-order valence-electron chi connectivity index (χ3n) is 4.42. The number of halogens is 2. The molecular formula is C19H20F2N4O3S. The molecule has 0 aliphatic rings. The van der Waals surface area contributed by atoms with Gasteiger partial charge in [-0.25, -0.2) is 22.2 Å². The van der Waals surface area contributed by atoms with Crippen LogP contribution in [0.15, 0.2) is 47.4 Å². The maximum Gasteiger partial charge on any atom is 0.295 e. The summed E-state index contributed by atoms with van der Waals surface area (Å²) in [6, 6.07) is 10.2. The van der Waals surface area contributed by atoms with Crippen LogP contribution in [0.4, 0.5) is 14.5 Å². The number of aromatic amines is 1. The zero-order valence-electron chi connectivity index (χ0n) is 15.8. The molecule has 7 nitrogen and oxygen atoms in total. The fourth-order valence-electron chi connectivity index (χ4n) is 2.90. The second kappa shape index (κ2) is 8.26. The molecule has 0 saturated carbocycles. The summed E-state index contributed by atoms with van der Waals surface area (Å²) in [7, 11) is -3.58. The minimum absolute atomic E-state index is 0.137. The number of rotatable bonds is 7. The molecule has 1 aromatic heterocycles. The van der Waals surface area contributed by atoms with E-state index < -0.39 is 28.2 Å². The number of H-pyrrole nitrogens is 1. The number of fused-ring (bicyclic) bond motifs is 1. The van der Waals surface area contributed by atoms with Gasteiger partial charge >= 0.3 is 0 Å². The number of benzene rings is 2. The SMILES string of the molecule is CCN(CC)S(=O)(=O)c1ccc(NC(=O)c2ccc3nc(C(F)F)[nH]c3c2)cc1. The topological polar surface area (TPSA) is 95.2 Å². The van der Waals surface area contributed by atoms with E-state index in [1.807, 2.05) is 0 Å². The second-order valence-corrected chi connectivity index (χ2v) is 8.16. The van der Waals surface area contributed by atoms with Gasteiger partial charge in [0.1, 0.15) is 0 Å². The lowest BCUT2D eigenvalue weighted by atomic mass is 10.2. The van der Waals surface area contributed by atoms with Crippen LogP contribution in [-0.4, -0.2) is 41.7 Å². The van der Waals surface area contributed by atoms with Crippen LogP contribution in [0.25, 0.3) is 11.0 Å². The van der Waals surface area contributed by atoms with Crippen molar-refractivity contribution in [1.82, 2.24) is 14.3 Å². The summed E-state index contributed by atoms with van der Waals surface area (Å²) in [4.78, 5) is 18.8. The Bertz CT molecular complexity index is 1120. The zero-order chi connectivity index (χ0) is 21.2. The monoisotopic (exact) mass is 422 g/mol. The van der Waals surface area contributed by atoms with Gasteiger partial charge < -0.3 is 10.3 Å². The van der Waals surface area contributed by atoms with Gasteiger partial charge in [-0.15, -0.1) is 0 Å². The summed E-state index contributed by atoms with van der Waals surface area (Å²) < 4.78 is 51.8. The fraction of sp³-hybridized carbons (Fsp3) is 0.263. The lowest BCUT2D eigenvalue weighted by molar-refractivity contribution is 0.102. The molecule has 0 atom stereocenters. The Morgan fingerprint density at radius 1 is 1.14 bits per heavy atom. The highest BCUT2D eigenvalue weighted by atomic mass is 32.2. The molecule has 3 aromatic rings. The number of carbonyl (C=O) groups is 1. The van der Waals surface area contributed by atoms with Crippen LogP contribution < -0.4 is 5.32 Å². The van der Waals surface area contributed by atoms with Crippen molar-refractivity contribution in [2.24, 2.45) is 0 Å². The van der Waals surface area contributed by atoms with Crippen molar-refractivity contribution in [2.75, 3.05) is 18.4 Å². The van der Waals surface area contributed by atoms with Crippen LogP contribution >= 0.6 is 0 Å². The van der Waals surface area contributed by atoms with Gasteiger partial charge in [-0.3, -0.25) is 4.79 Å². The van der Waals surface area contributed by atoms with Crippen LogP contribution in [0.3, 0.4) is 0 Å². The van der Waals surface area contributed by atoms with Crippen LogP contribution in [-0.2, 0) is 10.0 Å². The number of nitrogens with one attached hydrogen (secondary N) is 2. The summed E-state index contributed by atoms with van der Waals surface area (Å²) in [6.45, 7) is 4.24. The highest BCUT2D eigenvalue weighted by Crippen LogP contribution is 2.22. The molecule has 0 fully saturated rings. The van der Waals surface area contributed by atoms with Crippen molar-refractivity contribution in [3.63, 3.8) is 0 Å². The van der Waals surface area contributed by atoms with Crippen LogP contribution in [0.1, 0.15) is 36.5 Å². The van der Waals surface area contributed by atoms with Crippen molar-refractivity contribution >= 4 is 32.7 Å². The first kappa shape index (κ1) is 20.9. The number of carbonyl (C=O) groups excluding carboxylic acids is 1. The average molecular weight is 422 g/mol. The molecule has 2 aromatic carbocycles. The molecule has 0 bridgehead atoms. The molecule has 0 saturated heterocycles. The third-order valence-corrected chi connectivity index (χ3v) is 6.49. The molecule has 0 spiro atoms. The Hall–Kier alpha value is -2.85. The third kappa shape index (κ3) is 4.28. The minimum Gasteiger partial charge on any atom is -0.337 e. The molecule has 29 heavy (non-hydrogen) atoms. The molecular weight excluding hydrogens is 402 g/mol. The predicted octanol–water partition coefficient (Wildman–Crippen LogP) is 3.78. The Balaban J connectivity index is 1.78. The number of alkyl halides is 2. The Labute approximate surface area is 166 Å². The summed E-state index contributed by atoms with van der Waals surface area (Å²) in [6.07, 6.45) is -2.73. The molecule has 2 N–H and O–H groups in total. The van der Waals surface area contributed by atoms with Gasteiger partial charge in [0.05, 0.1) is 15.9 Å². The van der Waals surface area contributed by atoms with E-state index in [9.17, 15) is 22.0 Å². The summed E-state index contributed by atoms with van der Waals surface area (Å²) in [5.41, 5.74) is 1.32. The van der Waals surface area contributed by atoms with Gasteiger partial charge in [0, 0.05) is 24.3 Å². The quantitative estimate of drug-likeness (QED) is 0.606. The van der Waals surface area contributed by atoms with Gasteiger partial charge in [0.15, 0.2) is 5.82 Å². The van der Waals surface area contributed by atoms with E-state index in [2.05, 4.69) is 15.3 Å². The fourth-order valence-corrected chi connectivity index (χ4v) is 4.36. The summed E-state index contributed by atoms with van der Waals surface area (Å²) >= 11 is 0. The second-order valence-electron chi connectivity index (χ2n) is 6.22. The molecule has 1 amide bonds. The Kier molecular flexibility index (Phi) is 5.94. The number of hydrogen-bond donors (Lipinski definition) is 2. The van der Waals surface area contributed by atoms with E-state index in [1.54, 1.807) is 13.8 Å². The summed E-state index contributed by atoms with van der Waals surface area (Å²) in [5.74, 6) is -0.915. The first-order valence-electron chi connectivity index (χ1n) is 8.95. The number of nitrogens with zero attached hydrogens (tertiary/aromatic N) is 2. The van der Waals surface area contributed by atoms with E-state index >= 15 is 0 Å². The lowest BCUT2D eigenvalue weighted by Gasteiger charge is -2.18. The van der Waals surface area contributed by atoms with Crippen molar-refractivity contribution in [3.05, 3.63) is 53.9 Å². The number of anilines is 1. The van der Waals surface area contributed by atoms with E-state index in [0.717, 1.165) is 0 Å². The normalized spacial score (nSPS) is 12.1. The van der Waals surface area contributed by atoms with Crippen LogP contribution in [0.5, 0.6) is 0 Å². The van der Waals surface area contributed by atoms with Crippen molar-refractivity contribution < 1.29 is 22.0 Å². The first-order chi connectivity index (χ1) is 13.8. The van der Waals surface area contributed by atoms with Crippen molar-refractivity contribution in [3.8, 4) is 0 Å². The molecule has 0 aliphatic carbocycles. The lowest BCUT2D eigenvalue weighted by Crippen LogP contribution is -2.30. The van der Waals surface area contributed by atoms with Gasteiger partial charge in [0.2, 0.25) is 10.0 Å². The van der Waals surface area contributed by atoms with Gasteiger partial charge in [0.25, 0.3) is 12.3 Å². The zero-order valence-corrected chi connectivity index (χ0v) is 16.6. The van der Waals surface area contributed by atoms with Gasteiger partial charge in [-0.1, -0.05) is 13.8 Å². The van der Waals surface area contributed by atoms with Crippen LogP contribution in [0.2, 0.25) is 0 Å². The van der Waals surface area contributed by atoms with Crippen molar-refractivity contribution in [1.29, 1.82) is 0 Å². The molecule has 1 heterocycles. The summed E-state index contributed by atoms with van der Waals surface area (Å²) in [5, 5.41) is 2.66. The van der Waals surface area contributed by atoms with Gasteiger partial charge in [-0.05, 0) is 42.5 Å². The van der Waals surface area contributed by atoms with E-state index in [-0.39, 0.29) is 10.5 Å². The minimum atomic E-state index is -3.58. The standard InChI is InChI=1S/C19H20F2N4O3S/c1-3-25(4-2)29(27,28)14-8-6-13(7-9-14)22-19(26)12-5-10-15-16(11-12)24-18(23-15)17(20)21/h5-11,17H,3-4H2,1-2H3,(H,22,26)(H,23,24). The van der Waals surface area contributed by atoms with Gasteiger partial charge in [-0.2, -0.15) is 4.31 Å². The number of imidazole rings is 1. The average Bonchev–Trinajstić information content (AvgIpc) is 3.13. The highest BCUT2D eigenvalue weighted by Gasteiger charge is 2.21. The van der Waals surface area contributed by atoms with E-state index in [4.69, 9.17) is 0 Å². The Morgan fingerprint density at radius 3 is 2.38 bits per heavy atom. The number of aromatic nitrogens is 2. The number of hydrogen-bond acceptors (Lipinski definition) is 4. The maximum atomic E-state index is 12.7. The smallest absolute Gasteiger partial charge is 0.295 e. The highest BCUT2D eigenvalue weighted by molar-refractivity contribution is 7.89. The first-order valence-corrected chi connectivity index (χ1v) is 10.4. The van der Waals surface area contributed by atoms with Crippen molar-refractivity contribution in [2.45, 2.75) is 25.2 Å². The number of amides is 1. The molecule has 10 heteroatoms. The molecule has 154 valence electrons. The van der Waals surface area contributed by atoms with Crippen LogP contribution in [0, 0.1) is 0 Å². The molecule has 3 rings (SSSR count). The Morgan fingerprint density at radius 2 is 1.79 bits per heavy atom. The number of sulfonamides is 1. The molecule has 0 radical (unpaired) electrons. The molecule has 0 unspecified atom stereocenters. The van der Waals surface area contributed by atoms with E-state index in [1.165, 1.54) is 46.8 Å². The molecule has 0 aliphatic heterocycles. The van der Waals surface area contributed by atoms with E-state index in [0.29, 0.717) is 29.8 Å². The largest absolute Gasteiger partial charge is 0.337 e. The predicted molar refractivity (Wildman–Crippen MR) is 106 cm³/mol. The maximum absolute atomic E-state index is 12.7.